The molecule has 3 saturated heterocycles. The molecule has 3 aliphatic heterocycles. The van der Waals surface area contributed by atoms with Gasteiger partial charge in [0, 0.05) is 30.0 Å². The molecule has 0 saturated carbocycles. The minimum atomic E-state index is -1.31. The summed E-state index contributed by atoms with van der Waals surface area (Å²) < 4.78 is 17.4. The number of alkyl halides is 1. The molecule has 1 spiro atoms. The molecule has 4 rings (SSSR count). The fraction of sp³-hybridized carbons (Fsp3) is 0.533. The van der Waals surface area contributed by atoms with Crippen LogP contribution in [0, 0.1) is 11.8 Å². The number of aliphatic hydroxyl groups excluding tert-OH is 1. The Morgan fingerprint density at radius 1 is 1.29 bits per heavy atom. The van der Waals surface area contributed by atoms with E-state index in [0.717, 1.165) is 0 Å². The van der Waals surface area contributed by atoms with Gasteiger partial charge in [0.15, 0.2) is 0 Å². The van der Waals surface area contributed by atoms with Crippen LogP contribution in [-0.2, 0) is 28.7 Å². The molecule has 3 fully saturated rings. The maximum Gasteiger partial charge on any atom is 0.312 e. The van der Waals surface area contributed by atoms with Crippen molar-refractivity contribution in [2.45, 2.75) is 54.9 Å². The Labute approximate surface area is 254 Å². The third kappa shape index (κ3) is 5.84. The van der Waals surface area contributed by atoms with E-state index in [4.69, 9.17) is 14.2 Å². The standard InChI is InChI=1S/C30H38BrN3O8/c1-5-7-8-22(36)32-17-18(3)41-29(39)23-24-27(37)34(14-15-35)26(30(24)16-21(31)25(23)42-30)28(38)33(13-6-2)19-9-11-20(40-4)12-10-19/h5-6,9-12,18,21,23-26,35H,1-2,7-8,13-17H2,3-4H3,(H,32,36)/t18-,21?,23+,24-,25+,26+,30-/m0/s1. The number of methoxy groups -OCH3 is 1. The van der Waals surface area contributed by atoms with Crippen LogP contribution < -0.4 is 15.0 Å². The van der Waals surface area contributed by atoms with Gasteiger partial charge in [-0.05, 0) is 44.0 Å². The number of allylic oxidation sites excluding steroid dienone is 1. The molecular weight excluding hydrogens is 610 g/mol. The SMILES string of the molecule is C=CCCC(=O)NC[C@H](C)OC(=O)[C@H]1[C@@H]2O[C@@]3(CC2Br)[C@@H]1C(=O)N(CCO)[C@@H]3C(=O)N(CC=C)c1ccc(OC)cc1. The van der Waals surface area contributed by atoms with Crippen LogP contribution in [-0.4, -0.2) is 95.7 Å². The number of halogens is 1. The van der Waals surface area contributed by atoms with Gasteiger partial charge >= 0.3 is 5.97 Å². The number of carbonyl (C=O) groups is 4. The minimum Gasteiger partial charge on any atom is -0.497 e. The predicted octanol–water partition coefficient (Wildman–Crippen LogP) is 1.97. The summed E-state index contributed by atoms with van der Waals surface area (Å²) in [7, 11) is 1.55. The van der Waals surface area contributed by atoms with E-state index in [0.29, 0.717) is 24.3 Å². The number of amides is 3. The number of esters is 1. The smallest absolute Gasteiger partial charge is 0.312 e. The van der Waals surface area contributed by atoms with Crippen molar-refractivity contribution in [3.63, 3.8) is 0 Å². The molecule has 2 N–H and O–H groups in total. The number of aliphatic hydroxyl groups is 1. The molecule has 0 aromatic heterocycles. The Balaban J connectivity index is 1.61. The molecule has 228 valence electrons. The minimum absolute atomic E-state index is 0.103. The molecule has 2 bridgehead atoms. The van der Waals surface area contributed by atoms with Crippen LogP contribution in [0.15, 0.2) is 49.6 Å². The van der Waals surface area contributed by atoms with Gasteiger partial charge in [-0.3, -0.25) is 19.2 Å². The summed E-state index contributed by atoms with van der Waals surface area (Å²) in [5.41, 5.74) is -0.736. The molecule has 0 aliphatic carbocycles. The lowest BCUT2D eigenvalue weighted by atomic mass is 9.70. The number of hydrogen-bond acceptors (Lipinski definition) is 8. The number of fused-ring (bicyclic) bond motifs is 1. The van der Waals surface area contributed by atoms with E-state index < -0.39 is 53.5 Å². The van der Waals surface area contributed by atoms with Crippen molar-refractivity contribution >= 4 is 45.3 Å². The van der Waals surface area contributed by atoms with Crippen molar-refractivity contribution in [3.8, 4) is 5.75 Å². The summed E-state index contributed by atoms with van der Waals surface area (Å²) in [6, 6.07) is 5.84. The van der Waals surface area contributed by atoms with Crippen molar-refractivity contribution in [1.82, 2.24) is 10.2 Å². The van der Waals surface area contributed by atoms with Crippen LogP contribution in [0.2, 0.25) is 0 Å². The van der Waals surface area contributed by atoms with Crippen molar-refractivity contribution in [3.05, 3.63) is 49.6 Å². The number of likely N-dealkylation sites (tertiary alicyclic amines) is 1. The summed E-state index contributed by atoms with van der Waals surface area (Å²) in [5, 5.41) is 12.6. The first-order valence-electron chi connectivity index (χ1n) is 14.0. The van der Waals surface area contributed by atoms with E-state index in [1.54, 1.807) is 50.5 Å². The number of benzene rings is 1. The number of nitrogens with zero attached hydrogens (tertiary/aromatic N) is 2. The predicted molar refractivity (Wildman–Crippen MR) is 158 cm³/mol. The molecule has 11 nitrogen and oxygen atoms in total. The highest BCUT2D eigenvalue weighted by molar-refractivity contribution is 9.09. The fourth-order valence-corrected chi connectivity index (χ4v) is 7.23. The van der Waals surface area contributed by atoms with E-state index in [-0.39, 0.29) is 43.4 Å². The molecule has 0 radical (unpaired) electrons. The van der Waals surface area contributed by atoms with Crippen LogP contribution in [0.25, 0.3) is 0 Å². The van der Waals surface area contributed by atoms with E-state index in [1.165, 1.54) is 9.80 Å². The molecule has 3 heterocycles. The van der Waals surface area contributed by atoms with Gasteiger partial charge in [0.25, 0.3) is 5.91 Å². The van der Waals surface area contributed by atoms with E-state index in [2.05, 4.69) is 34.4 Å². The van der Waals surface area contributed by atoms with Gasteiger partial charge in [0.2, 0.25) is 11.8 Å². The topological polar surface area (TPSA) is 135 Å². The van der Waals surface area contributed by atoms with Crippen LogP contribution in [0.3, 0.4) is 0 Å². The van der Waals surface area contributed by atoms with E-state index >= 15 is 0 Å². The third-order valence-electron chi connectivity index (χ3n) is 8.08. The highest BCUT2D eigenvalue weighted by atomic mass is 79.9. The van der Waals surface area contributed by atoms with Gasteiger partial charge < -0.3 is 34.4 Å². The Kier molecular flexibility index (Phi) is 10.1. The zero-order chi connectivity index (χ0) is 30.6. The maximum absolute atomic E-state index is 14.3. The van der Waals surface area contributed by atoms with Gasteiger partial charge in [0.05, 0.1) is 38.2 Å². The second-order valence-electron chi connectivity index (χ2n) is 10.7. The van der Waals surface area contributed by atoms with Gasteiger partial charge in [0.1, 0.15) is 23.5 Å². The quantitative estimate of drug-likeness (QED) is 0.178. The molecule has 42 heavy (non-hydrogen) atoms. The van der Waals surface area contributed by atoms with Crippen LogP contribution in [0.1, 0.15) is 26.2 Å². The van der Waals surface area contributed by atoms with Gasteiger partial charge in [-0.25, -0.2) is 0 Å². The summed E-state index contributed by atoms with van der Waals surface area (Å²) in [6.45, 7) is 8.84. The molecule has 7 atom stereocenters. The molecule has 1 unspecified atom stereocenters. The van der Waals surface area contributed by atoms with Crippen molar-refractivity contribution in [2.75, 3.05) is 38.3 Å². The number of carbonyl (C=O) groups excluding carboxylic acids is 4. The number of anilines is 1. The lowest BCUT2D eigenvalue weighted by Gasteiger charge is -2.37. The second-order valence-corrected chi connectivity index (χ2v) is 11.9. The normalized spacial score (nSPS) is 28.1. The largest absolute Gasteiger partial charge is 0.497 e. The second kappa shape index (κ2) is 13.4. The van der Waals surface area contributed by atoms with Gasteiger partial charge in [-0.2, -0.15) is 0 Å². The Morgan fingerprint density at radius 2 is 2.00 bits per heavy atom. The number of hydrogen-bond donors (Lipinski definition) is 2. The molecule has 1 aromatic rings. The summed E-state index contributed by atoms with van der Waals surface area (Å²) in [5.74, 6) is -2.99. The van der Waals surface area contributed by atoms with Gasteiger partial charge in [-0.15, -0.1) is 13.2 Å². The Morgan fingerprint density at radius 3 is 2.62 bits per heavy atom. The number of nitrogens with one attached hydrogen (secondary N) is 1. The zero-order valence-electron chi connectivity index (χ0n) is 23.9. The summed E-state index contributed by atoms with van der Waals surface area (Å²) in [6.07, 6.45) is 3.01. The van der Waals surface area contributed by atoms with Crippen LogP contribution in [0.4, 0.5) is 5.69 Å². The van der Waals surface area contributed by atoms with E-state index in [1.807, 2.05) is 0 Å². The van der Waals surface area contributed by atoms with Crippen LogP contribution in [0.5, 0.6) is 5.75 Å². The number of ether oxygens (including phenoxy) is 3. The molecule has 3 amide bonds. The first-order valence-corrected chi connectivity index (χ1v) is 14.9. The molecule has 12 heteroatoms. The highest BCUT2D eigenvalue weighted by Gasteiger charge is 2.77. The number of β-amino-alcohol motifs (C(OH)–C–C–N with tert-alkyl or cyclic N) is 1. The van der Waals surface area contributed by atoms with Crippen LogP contribution >= 0.6 is 15.9 Å². The molecular formula is C30H38BrN3O8. The maximum atomic E-state index is 14.3. The average molecular weight is 649 g/mol. The van der Waals surface area contributed by atoms with Crippen molar-refractivity contribution < 1.29 is 38.5 Å². The lowest BCUT2D eigenvalue weighted by molar-refractivity contribution is -0.159. The van der Waals surface area contributed by atoms with Crippen molar-refractivity contribution in [2.24, 2.45) is 11.8 Å². The summed E-state index contributed by atoms with van der Waals surface area (Å²) in [4.78, 5) is 56.3. The fourth-order valence-electron chi connectivity index (χ4n) is 6.29. The Hall–Kier alpha value is -3.22. The first kappa shape index (κ1) is 31.7. The van der Waals surface area contributed by atoms with E-state index in [9.17, 15) is 24.3 Å². The monoisotopic (exact) mass is 647 g/mol. The highest BCUT2D eigenvalue weighted by Crippen LogP contribution is 2.60. The average Bonchev–Trinajstić information content (AvgIpc) is 3.57. The first-order chi connectivity index (χ1) is 20.1. The lowest BCUT2D eigenvalue weighted by Crippen LogP contribution is -2.57. The third-order valence-corrected chi connectivity index (χ3v) is 8.92. The molecule has 1 aromatic carbocycles. The molecule has 3 aliphatic rings. The zero-order valence-corrected chi connectivity index (χ0v) is 25.5. The summed E-state index contributed by atoms with van der Waals surface area (Å²) >= 11 is 3.63. The Bertz CT molecular complexity index is 1210. The number of rotatable bonds is 14. The van der Waals surface area contributed by atoms with Crippen molar-refractivity contribution in [1.29, 1.82) is 0 Å². The van der Waals surface area contributed by atoms with Gasteiger partial charge in [-0.1, -0.05) is 28.1 Å².